The van der Waals surface area contributed by atoms with E-state index in [1.165, 1.54) is 141 Å². The lowest BCUT2D eigenvalue weighted by Crippen LogP contribution is -2.22. The molecule has 0 saturated heterocycles. The predicted molar refractivity (Wildman–Crippen MR) is 190 cm³/mol. The summed E-state index contributed by atoms with van der Waals surface area (Å²) in [6.07, 6.45) is 32.8. The Kier molecular flexibility index (Phi) is 31.5. The molecule has 0 heterocycles. The normalized spacial score (nSPS) is 15.4. The first kappa shape index (κ1) is 43.1. The largest absolute Gasteiger partial charge is 0.390 e. The van der Waals surface area contributed by atoms with Crippen molar-refractivity contribution in [3.63, 3.8) is 0 Å². The van der Waals surface area contributed by atoms with E-state index in [4.69, 9.17) is 0 Å². The zero-order chi connectivity index (χ0) is 31.4. The summed E-state index contributed by atoms with van der Waals surface area (Å²) in [6.45, 7) is 23.0. The number of hydrogen-bond acceptors (Lipinski definition) is 1. The van der Waals surface area contributed by atoms with Gasteiger partial charge in [-0.1, -0.05) is 204 Å². The molecule has 0 saturated carbocycles. The highest BCUT2D eigenvalue weighted by atomic mass is 16.3. The summed E-state index contributed by atoms with van der Waals surface area (Å²) in [5, 5.41) is 9.89. The van der Waals surface area contributed by atoms with E-state index in [2.05, 4.69) is 62.3 Å². The molecule has 0 aromatic rings. The fraction of sp³-hybridized carbons (Fsp3) is 1.00. The van der Waals surface area contributed by atoms with Gasteiger partial charge in [-0.25, -0.2) is 0 Å². The Morgan fingerprint density at radius 1 is 0.463 bits per heavy atom. The van der Waals surface area contributed by atoms with Gasteiger partial charge in [-0.15, -0.1) is 0 Å². The molecule has 0 aliphatic carbocycles. The molecule has 0 radical (unpaired) electrons. The van der Waals surface area contributed by atoms with Crippen molar-refractivity contribution in [1.82, 2.24) is 0 Å². The summed E-state index contributed by atoms with van der Waals surface area (Å²) < 4.78 is 0. The Morgan fingerprint density at radius 2 is 0.805 bits per heavy atom. The van der Waals surface area contributed by atoms with Crippen molar-refractivity contribution in [2.24, 2.45) is 29.6 Å². The number of aliphatic hydroxyl groups is 1. The van der Waals surface area contributed by atoms with Crippen LogP contribution in [0.5, 0.6) is 0 Å². The molecule has 1 nitrogen and oxygen atoms in total. The molecule has 0 amide bonds. The summed E-state index contributed by atoms with van der Waals surface area (Å²) in [5.41, 5.74) is -0.421. The van der Waals surface area contributed by atoms with Gasteiger partial charge < -0.3 is 5.11 Å². The van der Waals surface area contributed by atoms with Gasteiger partial charge in [-0.2, -0.15) is 0 Å². The maximum absolute atomic E-state index is 9.89. The monoisotopic (exact) mass is 581 g/mol. The van der Waals surface area contributed by atoms with Crippen LogP contribution in [0.3, 0.4) is 0 Å². The van der Waals surface area contributed by atoms with Gasteiger partial charge >= 0.3 is 0 Å². The van der Waals surface area contributed by atoms with Crippen LogP contribution in [0.25, 0.3) is 0 Å². The number of rotatable bonds is 28. The van der Waals surface area contributed by atoms with Crippen LogP contribution in [0.4, 0.5) is 0 Å². The highest BCUT2D eigenvalue weighted by Crippen LogP contribution is 2.26. The number of hydrogen-bond donors (Lipinski definition) is 1. The van der Waals surface area contributed by atoms with Gasteiger partial charge in [0, 0.05) is 0 Å². The summed E-state index contributed by atoms with van der Waals surface area (Å²) in [6, 6.07) is 0. The molecule has 1 heteroatoms. The summed E-state index contributed by atoms with van der Waals surface area (Å²) in [4.78, 5) is 0. The average molecular weight is 581 g/mol. The van der Waals surface area contributed by atoms with E-state index in [1.54, 1.807) is 0 Å². The second-order valence-corrected chi connectivity index (χ2v) is 15.0. The van der Waals surface area contributed by atoms with E-state index >= 15 is 0 Å². The maximum Gasteiger partial charge on any atom is 0.0617 e. The fourth-order valence-electron chi connectivity index (χ4n) is 6.32. The SMILES string of the molecule is CCC(C)CCCCCCCCCCC(C)(O)CC.CCCC(CCCCCCCCC(CCC)C(C)C)C(C)C. The topological polar surface area (TPSA) is 20.2 Å². The van der Waals surface area contributed by atoms with E-state index in [1.807, 2.05) is 6.92 Å². The van der Waals surface area contributed by atoms with Gasteiger partial charge in [-0.05, 0) is 49.4 Å². The van der Waals surface area contributed by atoms with Crippen molar-refractivity contribution >= 4 is 0 Å². The molecular weight excluding hydrogens is 496 g/mol. The number of unbranched alkanes of at least 4 members (excludes halogenated alkanes) is 12. The van der Waals surface area contributed by atoms with E-state index in [0.29, 0.717) is 0 Å². The Balaban J connectivity index is 0. The lowest BCUT2D eigenvalue weighted by Gasteiger charge is -2.20. The minimum Gasteiger partial charge on any atom is -0.390 e. The van der Waals surface area contributed by atoms with Gasteiger partial charge in [0.2, 0.25) is 0 Å². The third-order valence-electron chi connectivity index (χ3n) is 10.2. The molecule has 0 aromatic heterocycles. The molecule has 0 spiro atoms. The van der Waals surface area contributed by atoms with Crippen molar-refractivity contribution in [3.8, 4) is 0 Å². The van der Waals surface area contributed by atoms with E-state index in [-0.39, 0.29) is 0 Å². The molecule has 0 aliphatic heterocycles. The molecular formula is C40H84O. The van der Waals surface area contributed by atoms with Gasteiger partial charge in [0.25, 0.3) is 0 Å². The van der Waals surface area contributed by atoms with Crippen LogP contribution in [-0.4, -0.2) is 10.7 Å². The molecule has 41 heavy (non-hydrogen) atoms. The maximum atomic E-state index is 9.89. The molecule has 1 N–H and O–H groups in total. The Hall–Kier alpha value is -0.0400. The quantitative estimate of drug-likeness (QED) is 0.0912. The average Bonchev–Trinajstić information content (AvgIpc) is 2.94. The lowest BCUT2D eigenvalue weighted by atomic mass is 9.86. The molecule has 4 unspecified atom stereocenters. The molecule has 0 aliphatic rings. The van der Waals surface area contributed by atoms with Crippen molar-refractivity contribution in [2.45, 2.75) is 229 Å². The highest BCUT2D eigenvalue weighted by Gasteiger charge is 2.16. The van der Waals surface area contributed by atoms with E-state index in [9.17, 15) is 5.11 Å². The molecule has 4 atom stereocenters. The molecule has 0 bridgehead atoms. The smallest absolute Gasteiger partial charge is 0.0617 e. The van der Waals surface area contributed by atoms with Crippen LogP contribution in [0.1, 0.15) is 223 Å². The predicted octanol–water partition coefficient (Wildman–Crippen LogP) is 14.3. The van der Waals surface area contributed by atoms with Gasteiger partial charge in [0.1, 0.15) is 0 Å². The Morgan fingerprint density at radius 3 is 1.12 bits per heavy atom. The highest BCUT2D eigenvalue weighted by molar-refractivity contribution is 4.69. The lowest BCUT2D eigenvalue weighted by molar-refractivity contribution is 0.0442. The van der Waals surface area contributed by atoms with E-state index in [0.717, 1.165) is 42.4 Å². The molecule has 0 fully saturated rings. The molecule has 0 aromatic carbocycles. The van der Waals surface area contributed by atoms with Crippen LogP contribution in [0.2, 0.25) is 0 Å². The Bertz CT molecular complexity index is 469. The fourth-order valence-corrected chi connectivity index (χ4v) is 6.32. The first-order chi connectivity index (χ1) is 19.5. The molecule has 250 valence electrons. The summed E-state index contributed by atoms with van der Waals surface area (Å²) in [7, 11) is 0. The third-order valence-corrected chi connectivity index (χ3v) is 10.2. The standard InChI is InChI=1S/C22H46.C18H38O/c1-7-15-21(19(3)4)17-13-11-9-10-12-14-18-22(16-8-2)20(5)6;1-5-17(3)15-13-11-9-7-8-10-12-14-16-18(4,19)6-2/h19-22H,7-18H2,1-6H3;17,19H,5-16H2,1-4H3. The van der Waals surface area contributed by atoms with Gasteiger partial charge in [0.15, 0.2) is 0 Å². The second kappa shape index (κ2) is 30.0. The van der Waals surface area contributed by atoms with Gasteiger partial charge in [0.05, 0.1) is 5.60 Å². The minimum atomic E-state index is -0.421. The van der Waals surface area contributed by atoms with Crippen molar-refractivity contribution in [1.29, 1.82) is 0 Å². The third kappa shape index (κ3) is 29.8. The molecule has 0 rings (SSSR count). The van der Waals surface area contributed by atoms with Crippen LogP contribution < -0.4 is 0 Å². The van der Waals surface area contributed by atoms with Crippen LogP contribution >= 0.6 is 0 Å². The van der Waals surface area contributed by atoms with Crippen LogP contribution in [0.15, 0.2) is 0 Å². The second-order valence-electron chi connectivity index (χ2n) is 15.0. The van der Waals surface area contributed by atoms with E-state index < -0.39 is 5.60 Å². The Labute approximate surface area is 263 Å². The van der Waals surface area contributed by atoms with Crippen molar-refractivity contribution in [2.75, 3.05) is 0 Å². The summed E-state index contributed by atoms with van der Waals surface area (Å²) >= 11 is 0. The first-order valence-electron chi connectivity index (χ1n) is 19.3. The minimum absolute atomic E-state index is 0.421. The van der Waals surface area contributed by atoms with Crippen molar-refractivity contribution < 1.29 is 5.11 Å². The zero-order valence-corrected chi connectivity index (χ0v) is 30.8. The van der Waals surface area contributed by atoms with Gasteiger partial charge in [-0.3, -0.25) is 0 Å². The first-order valence-corrected chi connectivity index (χ1v) is 19.3. The van der Waals surface area contributed by atoms with Crippen LogP contribution in [-0.2, 0) is 0 Å². The zero-order valence-electron chi connectivity index (χ0n) is 30.8. The van der Waals surface area contributed by atoms with Crippen molar-refractivity contribution in [3.05, 3.63) is 0 Å². The summed E-state index contributed by atoms with van der Waals surface area (Å²) in [5.74, 6) is 4.64. The van der Waals surface area contributed by atoms with Crippen LogP contribution in [0, 0.1) is 29.6 Å².